The molecule has 0 aliphatic heterocycles. The molecule has 0 unspecified atom stereocenters. The van der Waals surface area contributed by atoms with Crippen LogP contribution in [0.4, 0.5) is 0 Å². The van der Waals surface area contributed by atoms with Crippen LogP contribution in [-0.2, 0) is 0 Å². The number of halogens is 2. The zero-order valence-electron chi connectivity index (χ0n) is 7.71. The first-order chi connectivity index (χ1) is 6.59. The Morgan fingerprint density at radius 1 is 1.50 bits per heavy atom. The highest BCUT2D eigenvalue weighted by molar-refractivity contribution is 14.1. The molecule has 0 aliphatic carbocycles. The maximum absolute atomic E-state index is 5.76. The van der Waals surface area contributed by atoms with Gasteiger partial charge in [0.1, 0.15) is 16.4 Å². The number of aromatic nitrogens is 2. The van der Waals surface area contributed by atoms with Crippen LogP contribution in [0.25, 0.3) is 11.2 Å². The SMILES string of the molecule is CC(C)c1oc2ncc(Cl)nc2c1I. The molecular formula is C9H8ClIN2O. The molecule has 0 saturated heterocycles. The van der Waals surface area contributed by atoms with Gasteiger partial charge in [-0.2, -0.15) is 0 Å². The fraction of sp³-hybridized carbons (Fsp3) is 0.333. The third-order valence-corrected chi connectivity index (χ3v) is 3.09. The van der Waals surface area contributed by atoms with Gasteiger partial charge >= 0.3 is 0 Å². The molecule has 14 heavy (non-hydrogen) atoms. The number of furan rings is 1. The second-order valence-corrected chi connectivity index (χ2v) is 4.75. The first-order valence-corrected chi connectivity index (χ1v) is 5.65. The van der Waals surface area contributed by atoms with Crippen LogP contribution in [-0.4, -0.2) is 9.97 Å². The Labute approximate surface area is 100 Å². The van der Waals surface area contributed by atoms with Crippen molar-refractivity contribution in [1.29, 1.82) is 0 Å². The highest BCUT2D eigenvalue weighted by atomic mass is 127. The van der Waals surface area contributed by atoms with Gasteiger partial charge in [-0.15, -0.1) is 0 Å². The molecule has 0 spiro atoms. The Hall–Kier alpha value is -0.360. The van der Waals surface area contributed by atoms with E-state index in [1.807, 2.05) is 0 Å². The van der Waals surface area contributed by atoms with Crippen molar-refractivity contribution in [3.8, 4) is 0 Å². The second kappa shape index (κ2) is 3.66. The monoisotopic (exact) mass is 322 g/mol. The molecule has 3 nitrogen and oxygen atoms in total. The molecule has 0 bridgehead atoms. The van der Waals surface area contributed by atoms with Crippen molar-refractivity contribution in [2.45, 2.75) is 19.8 Å². The minimum absolute atomic E-state index is 0.330. The molecular weight excluding hydrogens is 314 g/mol. The fourth-order valence-corrected chi connectivity index (χ4v) is 2.43. The van der Waals surface area contributed by atoms with Crippen molar-refractivity contribution >= 4 is 45.4 Å². The van der Waals surface area contributed by atoms with Crippen molar-refractivity contribution in [1.82, 2.24) is 9.97 Å². The van der Waals surface area contributed by atoms with Crippen molar-refractivity contribution in [3.05, 3.63) is 20.7 Å². The van der Waals surface area contributed by atoms with E-state index in [0.29, 0.717) is 16.8 Å². The lowest BCUT2D eigenvalue weighted by molar-refractivity contribution is 0.510. The minimum Gasteiger partial charge on any atom is -0.440 e. The van der Waals surface area contributed by atoms with Crippen LogP contribution < -0.4 is 0 Å². The molecule has 2 aromatic rings. The van der Waals surface area contributed by atoms with Gasteiger partial charge in [0.05, 0.1) is 9.77 Å². The summed E-state index contributed by atoms with van der Waals surface area (Å²) in [4.78, 5) is 8.26. The van der Waals surface area contributed by atoms with Crippen molar-refractivity contribution < 1.29 is 4.42 Å². The van der Waals surface area contributed by atoms with Crippen LogP contribution in [0.15, 0.2) is 10.6 Å². The van der Waals surface area contributed by atoms with Crippen molar-refractivity contribution in [2.75, 3.05) is 0 Å². The van der Waals surface area contributed by atoms with Gasteiger partial charge in [-0.05, 0) is 22.6 Å². The Kier molecular flexibility index (Phi) is 2.66. The minimum atomic E-state index is 0.330. The van der Waals surface area contributed by atoms with Gasteiger partial charge in [-0.1, -0.05) is 25.4 Å². The molecule has 0 fully saturated rings. The predicted molar refractivity (Wildman–Crippen MR) is 63.6 cm³/mol. The first kappa shape index (κ1) is 10.2. The first-order valence-electron chi connectivity index (χ1n) is 4.20. The summed E-state index contributed by atoms with van der Waals surface area (Å²) < 4.78 is 6.58. The maximum Gasteiger partial charge on any atom is 0.246 e. The Morgan fingerprint density at radius 2 is 2.21 bits per heavy atom. The zero-order valence-corrected chi connectivity index (χ0v) is 10.6. The number of hydrogen-bond donors (Lipinski definition) is 0. The molecule has 0 N–H and O–H groups in total. The maximum atomic E-state index is 5.76. The smallest absolute Gasteiger partial charge is 0.246 e. The molecule has 0 aliphatic rings. The quantitative estimate of drug-likeness (QED) is 0.753. The summed E-state index contributed by atoms with van der Waals surface area (Å²) in [6, 6.07) is 0. The van der Waals surface area contributed by atoms with Crippen molar-refractivity contribution in [2.24, 2.45) is 0 Å². The van der Waals surface area contributed by atoms with Crippen LogP contribution in [0.2, 0.25) is 5.15 Å². The standard InChI is InChI=1S/C9H8ClIN2O/c1-4(2)8-6(11)7-9(14-8)12-3-5(10)13-7/h3-4H,1-2H3. The summed E-state index contributed by atoms with van der Waals surface area (Å²) in [6.45, 7) is 4.14. The molecule has 0 amide bonds. The molecule has 2 rings (SSSR count). The lowest BCUT2D eigenvalue weighted by Crippen LogP contribution is -1.86. The number of nitrogens with zero attached hydrogens (tertiary/aromatic N) is 2. The van der Waals surface area contributed by atoms with E-state index in [0.717, 1.165) is 14.8 Å². The van der Waals surface area contributed by atoms with Gasteiger partial charge in [0.25, 0.3) is 0 Å². The van der Waals surface area contributed by atoms with Crippen molar-refractivity contribution in [3.63, 3.8) is 0 Å². The van der Waals surface area contributed by atoms with Crippen LogP contribution in [0.1, 0.15) is 25.5 Å². The highest BCUT2D eigenvalue weighted by Gasteiger charge is 2.16. The Morgan fingerprint density at radius 3 is 2.86 bits per heavy atom. The Balaban J connectivity index is 2.74. The molecule has 0 radical (unpaired) electrons. The van der Waals surface area contributed by atoms with Crippen LogP contribution in [0.3, 0.4) is 0 Å². The molecule has 2 aromatic heterocycles. The summed E-state index contributed by atoms with van der Waals surface area (Å²) in [6.07, 6.45) is 1.49. The van der Waals surface area contributed by atoms with Gasteiger partial charge < -0.3 is 4.42 Å². The van der Waals surface area contributed by atoms with Crippen LogP contribution >= 0.6 is 34.2 Å². The van der Waals surface area contributed by atoms with Gasteiger partial charge in [0, 0.05) is 5.92 Å². The average Bonchev–Trinajstić information content (AvgIpc) is 2.44. The molecule has 0 atom stereocenters. The third kappa shape index (κ3) is 1.61. The molecule has 5 heteroatoms. The van der Waals surface area contributed by atoms with E-state index in [2.05, 4.69) is 46.4 Å². The van der Waals surface area contributed by atoms with E-state index < -0.39 is 0 Å². The largest absolute Gasteiger partial charge is 0.440 e. The fourth-order valence-electron chi connectivity index (χ4n) is 1.21. The molecule has 2 heterocycles. The summed E-state index contributed by atoms with van der Waals surface area (Å²) >= 11 is 7.97. The Bertz CT molecular complexity index is 481. The van der Waals surface area contributed by atoms with E-state index in [1.165, 1.54) is 6.20 Å². The topological polar surface area (TPSA) is 38.9 Å². The summed E-state index contributed by atoms with van der Waals surface area (Å²) in [5.41, 5.74) is 1.31. The van der Waals surface area contributed by atoms with Gasteiger partial charge in [-0.25, -0.2) is 9.97 Å². The van der Waals surface area contributed by atoms with Gasteiger partial charge in [0.15, 0.2) is 0 Å². The number of fused-ring (bicyclic) bond motifs is 1. The van der Waals surface area contributed by atoms with E-state index >= 15 is 0 Å². The van der Waals surface area contributed by atoms with E-state index in [1.54, 1.807) is 0 Å². The zero-order chi connectivity index (χ0) is 10.3. The summed E-state index contributed by atoms with van der Waals surface area (Å²) in [5, 5.41) is 0.395. The molecule has 0 saturated carbocycles. The lowest BCUT2D eigenvalue weighted by Gasteiger charge is -1.98. The highest BCUT2D eigenvalue weighted by Crippen LogP contribution is 2.30. The third-order valence-electron chi connectivity index (χ3n) is 1.86. The van der Waals surface area contributed by atoms with Gasteiger partial charge in [0.2, 0.25) is 5.71 Å². The van der Waals surface area contributed by atoms with Crippen LogP contribution in [0.5, 0.6) is 0 Å². The normalized spacial score (nSPS) is 11.5. The predicted octanol–water partition coefficient (Wildman–Crippen LogP) is 3.60. The molecule has 0 aromatic carbocycles. The summed E-state index contributed by atoms with van der Waals surface area (Å²) in [5.74, 6) is 1.25. The van der Waals surface area contributed by atoms with E-state index in [4.69, 9.17) is 16.0 Å². The summed E-state index contributed by atoms with van der Waals surface area (Å²) in [7, 11) is 0. The number of rotatable bonds is 1. The van der Waals surface area contributed by atoms with Gasteiger partial charge in [-0.3, -0.25) is 0 Å². The average molecular weight is 323 g/mol. The second-order valence-electron chi connectivity index (χ2n) is 3.28. The van der Waals surface area contributed by atoms with Crippen LogP contribution in [0, 0.1) is 3.57 Å². The molecule has 74 valence electrons. The number of hydrogen-bond acceptors (Lipinski definition) is 3. The van der Waals surface area contributed by atoms with E-state index in [9.17, 15) is 0 Å². The van der Waals surface area contributed by atoms with E-state index in [-0.39, 0.29) is 0 Å². The lowest BCUT2D eigenvalue weighted by atomic mass is 10.2.